The number of aryl methyl sites for hydroxylation is 1. The van der Waals surface area contributed by atoms with Crippen LogP contribution in [-0.4, -0.2) is 36.7 Å². The molecule has 2 heterocycles. The van der Waals surface area contributed by atoms with Crippen LogP contribution in [0.3, 0.4) is 0 Å². The highest BCUT2D eigenvalue weighted by Gasteiger charge is 2.62. The van der Waals surface area contributed by atoms with E-state index in [0.717, 1.165) is 11.6 Å². The highest BCUT2D eigenvalue weighted by atomic mass is 32.2. The van der Waals surface area contributed by atoms with Crippen molar-refractivity contribution in [3.05, 3.63) is 59.7 Å². The largest absolute Gasteiger partial charge is 0.352 e. The minimum Gasteiger partial charge on any atom is -0.352 e. The summed E-state index contributed by atoms with van der Waals surface area (Å²) in [5.41, 5.74) is 1.03. The van der Waals surface area contributed by atoms with Gasteiger partial charge in [-0.3, -0.25) is 9.78 Å². The van der Waals surface area contributed by atoms with Gasteiger partial charge in [-0.2, -0.15) is 4.31 Å². The second-order valence-corrected chi connectivity index (χ2v) is 9.64. The van der Waals surface area contributed by atoms with Crippen LogP contribution in [0, 0.1) is 24.1 Å². The fourth-order valence-corrected chi connectivity index (χ4v) is 5.48. The summed E-state index contributed by atoms with van der Waals surface area (Å²) in [7, 11) is -3.76. The molecule has 1 aromatic heterocycles. The molecule has 1 aliphatic carbocycles. The highest BCUT2D eigenvalue weighted by Crippen LogP contribution is 2.59. The maximum atomic E-state index is 13.8. The molecule has 1 aliphatic heterocycles. The van der Waals surface area contributed by atoms with Crippen molar-refractivity contribution in [3.63, 3.8) is 0 Å². The van der Waals surface area contributed by atoms with Gasteiger partial charge in [0.05, 0.1) is 4.90 Å². The van der Waals surface area contributed by atoms with Crippen molar-refractivity contribution in [2.24, 2.45) is 11.3 Å². The van der Waals surface area contributed by atoms with Crippen LogP contribution in [0.4, 0.5) is 4.39 Å². The van der Waals surface area contributed by atoms with Crippen molar-refractivity contribution in [1.29, 1.82) is 0 Å². The Labute approximate surface area is 163 Å². The molecule has 0 bridgehead atoms. The lowest BCUT2D eigenvalue weighted by molar-refractivity contribution is -0.123. The Morgan fingerprint density at radius 2 is 2.21 bits per heavy atom. The van der Waals surface area contributed by atoms with Gasteiger partial charge in [0.1, 0.15) is 5.82 Å². The molecule has 2 aromatic rings. The number of carbonyl (C=O) groups excluding carboxylic acids is 1. The Morgan fingerprint density at radius 3 is 2.93 bits per heavy atom. The number of aromatic nitrogens is 1. The van der Waals surface area contributed by atoms with Crippen LogP contribution in [-0.2, 0) is 21.4 Å². The first-order chi connectivity index (χ1) is 13.3. The quantitative estimate of drug-likeness (QED) is 0.831. The van der Waals surface area contributed by atoms with Crippen LogP contribution < -0.4 is 5.32 Å². The van der Waals surface area contributed by atoms with Gasteiger partial charge in [-0.15, -0.1) is 0 Å². The number of sulfonamides is 1. The second-order valence-electron chi connectivity index (χ2n) is 7.70. The number of benzene rings is 1. The predicted molar refractivity (Wildman–Crippen MR) is 101 cm³/mol. The zero-order chi connectivity index (χ0) is 19.9. The molecule has 2 aliphatic rings. The Morgan fingerprint density at radius 1 is 1.39 bits per heavy atom. The van der Waals surface area contributed by atoms with E-state index in [0.29, 0.717) is 38.0 Å². The maximum Gasteiger partial charge on any atom is 0.243 e. The van der Waals surface area contributed by atoms with Gasteiger partial charge >= 0.3 is 0 Å². The van der Waals surface area contributed by atoms with Crippen molar-refractivity contribution >= 4 is 15.9 Å². The molecule has 8 heteroatoms. The molecule has 6 nitrogen and oxygen atoms in total. The SMILES string of the molecule is Cc1ccc(S(=O)(=O)N2CC[C@@]3(C[C@@H]3C(=O)NCc3cccnc3)C2)cc1F. The molecule has 0 unspecified atom stereocenters. The first-order valence-corrected chi connectivity index (χ1v) is 10.7. The van der Waals surface area contributed by atoms with E-state index in [4.69, 9.17) is 0 Å². The molecule has 1 aromatic carbocycles. The summed E-state index contributed by atoms with van der Waals surface area (Å²) >= 11 is 0. The third-order valence-corrected chi connectivity index (χ3v) is 7.67. The van der Waals surface area contributed by atoms with Gasteiger partial charge in [-0.05, 0) is 54.5 Å². The standard InChI is InChI=1S/C20H22FN3O3S/c1-14-4-5-16(9-18(14)21)28(26,27)24-8-6-20(13-24)10-17(20)19(25)23-12-15-3-2-7-22-11-15/h2-5,7,9,11,17H,6,8,10,12-13H2,1H3,(H,23,25)/t17-,20-/m1/s1. The average molecular weight is 403 g/mol. The summed E-state index contributed by atoms with van der Waals surface area (Å²) in [6.45, 7) is 2.65. The number of pyridine rings is 1. The fraction of sp³-hybridized carbons (Fsp3) is 0.400. The van der Waals surface area contributed by atoms with E-state index in [1.54, 1.807) is 19.3 Å². The highest BCUT2D eigenvalue weighted by molar-refractivity contribution is 7.89. The Kier molecular flexibility index (Phi) is 4.71. The number of hydrogen-bond donors (Lipinski definition) is 1. The molecule has 0 radical (unpaired) electrons. The first-order valence-electron chi connectivity index (χ1n) is 9.25. The van der Waals surface area contributed by atoms with Crippen molar-refractivity contribution in [1.82, 2.24) is 14.6 Å². The molecule has 1 saturated heterocycles. The number of nitrogens with one attached hydrogen (secondary N) is 1. The van der Waals surface area contributed by atoms with Gasteiger partial charge in [0, 0.05) is 37.9 Å². The van der Waals surface area contributed by atoms with Crippen molar-refractivity contribution in [2.45, 2.75) is 31.2 Å². The molecular formula is C20H22FN3O3S. The monoisotopic (exact) mass is 403 g/mol. The van der Waals surface area contributed by atoms with Gasteiger partial charge < -0.3 is 5.32 Å². The summed E-state index contributed by atoms with van der Waals surface area (Å²) in [4.78, 5) is 16.5. The first kappa shape index (κ1) is 19.0. The van der Waals surface area contributed by atoms with E-state index in [-0.39, 0.29) is 22.1 Å². The van der Waals surface area contributed by atoms with Crippen LogP contribution in [0.25, 0.3) is 0 Å². The van der Waals surface area contributed by atoms with E-state index >= 15 is 0 Å². The van der Waals surface area contributed by atoms with Gasteiger partial charge in [-0.1, -0.05) is 12.1 Å². The van der Waals surface area contributed by atoms with Crippen molar-refractivity contribution in [3.8, 4) is 0 Å². The maximum absolute atomic E-state index is 13.8. The molecule has 1 N–H and O–H groups in total. The van der Waals surface area contributed by atoms with Crippen LogP contribution in [0.2, 0.25) is 0 Å². The summed E-state index contributed by atoms with van der Waals surface area (Å²) in [6, 6.07) is 7.68. The molecule has 1 spiro atoms. The van der Waals surface area contributed by atoms with Crippen LogP contribution in [0.15, 0.2) is 47.6 Å². The van der Waals surface area contributed by atoms with Gasteiger partial charge in [0.15, 0.2) is 0 Å². The molecule has 4 rings (SSSR count). The number of carbonyl (C=O) groups is 1. The van der Waals surface area contributed by atoms with E-state index in [1.807, 2.05) is 12.1 Å². The zero-order valence-electron chi connectivity index (χ0n) is 15.6. The second kappa shape index (κ2) is 6.93. The third-order valence-electron chi connectivity index (χ3n) is 5.83. The van der Waals surface area contributed by atoms with Crippen molar-refractivity contribution < 1.29 is 17.6 Å². The average Bonchev–Trinajstić information content (AvgIpc) is 3.21. The number of nitrogens with zero attached hydrogens (tertiary/aromatic N) is 2. The summed E-state index contributed by atoms with van der Waals surface area (Å²) in [6.07, 6.45) is 4.70. The minimum atomic E-state index is -3.76. The molecule has 1 amide bonds. The molecule has 28 heavy (non-hydrogen) atoms. The van der Waals surface area contributed by atoms with Crippen LogP contribution in [0.1, 0.15) is 24.0 Å². The summed E-state index contributed by atoms with van der Waals surface area (Å²) in [5.74, 6) is -0.766. The third kappa shape index (κ3) is 3.42. The topological polar surface area (TPSA) is 79.4 Å². The summed E-state index contributed by atoms with van der Waals surface area (Å²) < 4.78 is 40.9. The number of rotatable bonds is 5. The molecular weight excluding hydrogens is 381 g/mol. The Bertz CT molecular complexity index is 1010. The van der Waals surface area contributed by atoms with E-state index in [2.05, 4.69) is 10.3 Å². The molecule has 1 saturated carbocycles. The number of hydrogen-bond acceptors (Lipinski definition) is 4. The lowest BCUT2D eigenvalue weighted by atomic mass is 10.0. The lowest BCUT2D eigenvalue weighted by Gasteiger charge is -2.17. The smallest absolute Gasteiger partial charge is 0.243 e. The fourth-order valence-electron chi connectivity index (χ4n) is 3.93. The molecule has 148 valence electrons. The summed E-state index contributed by atoms with van der Waals surface area (Å²) in [5, 5.41) is 2.91. The van der Waals surface area contributed by atoms with Gasteiger partial charge in [0.2, 0.25) is 15.9 Å². The zero-order valence-corrected chi connectivity index (χ0v) is 16.4. The Hall–Kier alpha value is -2.32. The minimum absolute atomic E-state index is 0.0362. The van der Waals surface area contributed by atoms with Gasteiger partial charge in [0.25, 0.3) is 0 Å². The van der Waals surface area contributed by atoms with Crippen LogP contribution in [0.5, 0.6) is 0 Å². The van der Waals surface area contributed by atoms with Gasteiger partial charge in [-0.25, -0.2) is 12.8 Å². The van der Waals surface area contributed by atoms with Crippen LogP contribution >= 0.6 is 0 Å². The van der Waals surface area contributed by atoms with E-state index < -0.39 is 15.8 Å². The van der Waals surface area contributed by atoms with E-state index in [1.165, 1.54) is 16.4 Å². The lowest BCUT2D eigenvalue weighted by Crippen LogP contribution is -2.31. The predicted octanol–water partition coefficient (Wildman–Crippen LogP) is 2.25. The van der Waals surface area contributed by atoms with E-state index in [9.17, 15) is 17.6 Å². The Balaban J connectivity index is 1.40. The normalized spacial score (nSPS) is 24.4. The number of halogens is 1. The number of amides is 1. The van der Waals surface area contributed by atoms with Crippen molar-refractivity contribution in [2.75, 3.05) is 13.1 Å². The molecule has 2 atom stereocenters. The molecule has 2 fully saturated rings.